The molecule has 0 saturated carbocycles. The summed E-state index contributed by atoms with van der Waals surface area (Å²) in [5.74, 6) is 0.340. The molecule has 0 amide bonds. The Morgan fingerprint density at radius 1 is 1.14 bits per heavy atom. The zero-order valence-electron chi connectivity index (χ0n) is 14.9. The topological polar surface area (TPSA) is 79.1 Å². The van der Waals surface area contributed by atoms with Crippen LogP contribution in [-0.4, -0.2) is 39.4 Å². The van der Waals surface area contributed by atoms with E-state index in [0.29, 0.717) is 21.6 Å². The van der Waals surface area contributed by atoms with Crippen LogP contribution in [0.2, 0.25) is 10.0 Å². The molecule has 0 spiro atoms. The minimum atomic E-state index is -0.579. The summed E-state index contributed by atoms with van der Waals surface area (Å²) in [6.07, 6.45) is 1.66. The van der Waals surface area contributed by atoms with E-state index in [9.17, 15) is 4.79 Å². The van der Waals surface area contributed by atoms with Crippen molar-refractivity contribution in [2.24, 2.45) is 0 Å². The molecule has 0 aliphatic carbocycles. The predicted octanol–water partition coefficient (Wildman–Crippen LogP) is 3.91. The third-order valence-corrected chi connectivity index (χ3v) is 4.16. The number of tetrazole rings is 1. The van der Waals surface area contributed by atoms with Crippen LogP contribution in [0, 0.1) is 6.92 Å². The normalized spacial score (nSPS) is 11.3. The highest BCUT2D eigenvalue weighted by molar-refractivity contribution is 6.35. The molecule has 0 aliphatic rings. The molecule has 7 nitrogen and oxygen atoms in total. The zero-order valence-corrected chi connectivity index (χ0v) is 16.4. The van der Waals surface area contributed by atoms with Gasteiger partial charge in [-0.15, -0.1) is 5.10 Å². The van der Waals surface area contributed by atoms with Crippen molar-refractivity contribution in [2.45, 2.75) is 6.92 Å². The van der Waals surface area contributed by atoms with Gasteiger partial charge in [-0.25, -0.2) is 4.79 Å². The van der Waals surface area contributed by atoms with E-state index in [2.05, 4.69) is 15.5 Å². The van der Waals surface area contributed by atoms with E-state index in [1.165, 1.54) is 4.68 Å². The fourth-order valence-electron chi connectivity index (χ4n) is 2.32. The zero-order chi connectivity index (χ0) is 19.9. The van der Waals surface area contributed by atoms with Crippen LogP contribution in [0.25, 0.3) is 11.8 Å². The molecule has 0 fully saturated rings. The molecule has 2 aromatic carbocycles. The number of benzene rings is 2. The van der Waals surface area contributed by atoms with Crippen molar-refractivity contribution in [1.82, 2.24) is 20.2 Å². The number of esters is 1. The Hall–Kier alpha value is -2.90. The molecule has 0 aliphatic heterocycles. The molecule has 1 aromatic heterocycles. The summed E-state index contributed by atoms with van der Waals surface area (Å²) in [6, 6.07) is 14.2. The second kappa shape index (κ2) is 9.34. The fraction of sp³-hybridized carbons (Fsp3) is 0.158. The number of ether oxygens (including phenoxy) is 2. The quantitative estimate of drug-likeness (QED) is 0.328. The third kappa shape index (κ3) is 5.09. The maximum atomic E-state index is 12.6. The summed E-state index contributed by atoms with van der Waals surface area (Å²) in [7, 11) is 0. The number of hydrogen-bond donors (Lipinski definition) is 0. The van der Waals surface area contributed by atoms with Crippen molar-refractivity contribution in [2.75, 3.05) is 13.2 Å². The van der Waals surface area contributed by atoms with Crippen LogP contribution >= 0.6 is 23.2 Å². The number of carbonyl (C=O) groups is 1. The Kier molecular flexibility index (Phi) is 6.62. The van der Waals surface area contributed by atoms with Crippen molar-refractivity contribution in [3.8, 4) is 5.75 Å². The summed E-state index contributed by atoms with van der Waals surface area (Å²) in [5.41, 5.74) is 1.01. The molecular formula is C19H16Cl2N4O3. The van der Waals surface area contributed by atoms with Crippen molar-refractivity contribution >= 4 is 40.9 Å². The Labute approximate surface area is 171 Å². The molecule has 3 aromatic rings. The standard InChI is InChI=1S/C19H16Cl2N4O3/c1-13-22-23-24-25(13)17(11-14-5-3-2-4-6-14)19(26)28-10-9-27-18-8-7-15(20)12-16(18)21/h2-8,11-12H,9-10H2,1H3/b17-11-. The molecule has 0 bridgehead atoms. The maximum absolute atomic E-state index is 12.6. The number of nitrogens with zero attached hydrogens (tertiary/aromatic N) is 4. The SMILES string of the molecule is Cc1nnnn1/C(=C\c1ccccc1)C(=O)OCCOc1ccc(Cl)cc1Cl. The van der Waals surface area contributed by atoms with E-state index in [1.54, 1.807) is 31.2 Å². The lowest BCUT2D eigenvalue weighted by Crippen LogP contribution is -2.18. The molecule has 0 unspecified atom stereocenters. The molecule has 9 heteroatoms. The maximum Gasteiger partial charge on any atom is 0.357 e. The van der Waals surface area contributed by atoms with Gasteiger partial charge in [0.15, 0.2) is 11.5 Å². The highest BCUT2D eigenvalue weighted by Gasteiger charge is 2.17. The molecular weight excluding hydrogens is 403 g/mol. The second-order valence-electron chi connectivity index (χ2n) is 5.64. The highest BCUT2D eigenvalue weighted by atomic mass is 35.5. The van der Waals surface area contributed by atoms with Gasteiger partial charge >= 0.3 is 5.97 Å². The number of rotatable bonds is 7. The fourth-order valence-corrected chi connectivity index (χ4v) is 2.78. The molecule has 0 atom stereocenters. The summed E-state index contributed by atoms with van der Waals surface area (Å²) in [4.78, 5) is 12.6. The summed E-state index contributed by atoms with van der Waals surface area (Å²) in [6.45, 7) is 1.84. The van der Waals surface area contributed by atoms with Gasteiger partial charge in [-0.05, 0) is 47.2 Å². The summed E-state index contributed by atoms with van der Waals surface area (Å²) >= 11 is 11.9. The van der Waals surface area contributed by atoms with Gasteiger partial charge in [0.2, 0.25) is 0 Å². The van der Waals surface area contributed by atoms with Crippen molar-refractivity contribution in [3.05, 3.63) is 70.0 Å². The molecule has 0 saturated heterocycles. The first kappa shape index (κ1) is 19.9. The van der Waals surface area contributed by atoms with E-state index >= 15 is 0 Å². The van der Waals surface area contributed by atoms with E-state index in [0.717, 1.165) is 5.56 Å². The predicted molar refractivity (Wildman–Crippen MR) is 106 cm³/mol. The van der Waals surface area contributed by atoms with Crippen molar-refractivity contribution in [1.29, 1.82) is 0 Å². The van der Waals surface area contributed by atoms with Crippen LogP contribution < -0.4 is 4.74 Å². The van der Waals surface area contributed by atoms with Crippen LogP contribution in [0.3, 0.4) is 0 Å². The van der Waals surface area contributed by atoms with Gasteiger partial charge in [-0.2, -0.15) is 4.68 Å². The Morgan fingerprint density at radius 3 is 2.61 bits per heavy atom. The first-order valence-electron chi connectivity index (χ1n) is 8.31. The first-order valence-corrected chi connectivity index (χ1v) is 9.07. The minimum Gasteiger partial charge on any atom is -0.488 e. The Balaban J connectivity index is 1.67. The van der Waals surface area contributed by atoms with Crippen molar-refractivity contribution < 1.29 is 14.3 Å². The number of aromatic nitrogens is 4. The van der Waals surface area contributed by atoms with Gasteiger partial charge in [0.05, 0.1) is 5.02 Å². The highest BCUT2D eigenvalue weighted by Crippen LogP contribution is 2.27. The number of carbonyl (C=O) groups excluding carboxylic acids is 1. The average molecular weight is 419 g/mol. The van der Waals surface area contributed by atoms with E-state index in [-0.39, 0.29) is 18.9 Å². The Bertz CT molecular complexity index is 990. The smallest absolute Gasteiger partial charge is 0.357 e. The van der Waals surface area contributed by atoms with E-state index in [4.69, 9.17) is 32.7 Å². The number of aryl methyl sites for hydroxylation is 1. The molecule has 1 heterocycles. The monoisotopic (exact) mass is 418 g/mol. The van der Waals surface area contributed by atoms with Gasteiger partial charge in [0.1, 0.15) is 19.0 Å². The third-order valence-electron chi connectivity index (χ3n) is 3.63. The van der Waals surface area contributed by atoms with Crippen LogP contribution in [-0.2, 0) is 9.53 Å². The van der Waals surface area contributed by atoms with Gasteiger partial charge in [-0.1, -0.05) is 53.5 Å². The van der Waals surface area contributed by atoms with Crippen LogP contribution in [0.4, 0.5) is 0 Å². The summed E-state index contributed by atoms with van der Waals surface area (Å²) in [5, 5.41) is 12.1. The lowest BCUT2D eigenvalue weighted by molar-refractivity contribution is -0.137. The van der Waals surface area contributed by atoms with Crippen LogP contribution in [0.15, 0.2) is 48.5 Å². The van der Waals surface area contributed by atoms with Gasteiger partial charge in [0, 0.05) is 5.02 Å². The lowest BCUT2D eigenvalue weighted by Gasteiger charge is -2.11. The molecule has 0 N–H and O–H groups in total. The van der Waals surface area contributed by atoms with Crippen LogP contribution in [0.5, 0.6) is 5.75 Å². The van der Waals surface area contributed by atoms with E-state index in [1.807, 2.05) is 30.3 Å². The van der Waals surface area contributed by atoms with Gasteiger partial charge < -0.3 is 9.47 Å². The number of halogens is 2. The molecule has 3 rings (SSSR count). The largest absolute Gasteiger partial charge is 0.488 e. The first-order chi connectivity index (χ1) is 13.5. The second-order valence-corrected chi connectivity index (χ2v) is 6.48. The van der Waals surface area contributed by atoms with Gasteiger partial charge in [0.25, 0.3) is 0 Å². The summed E-state index contributed by atoms with van der Waals surface area (Å²) < 4.78 is 12.2. The van der Waals surface area contributed by atoms with Crippen LogP contribution in [0.1, 0.15) is 11.4 Å². The average Bonchev–Trinajstić information content (AvgIpc) is 3.11. The Morgan fingerprint density at radius 2 is 1.93 bits per heavy atom. The van der Waals surface area contributed by atoms with E-state index < -0.39 is 5.97 Å². The molecule has 0 radical (unpaired) electrons. The number of hydrogen-bond acceptors (Lipinski definition) is 6. The van der Waals surface area contributed by atoms with Crippen molar-refractivity contribution in [3.63, 3.8) is 0 Å². The minimum absolute atomic E-state index is 0.0189. The molecule has 28 heavy (non-hydrogen) atoms. The molecule has 144 valence electrons. The van der Waals surface area contributed by atoms with Gasteiger partial charge in [-0.3, -0.25) is 0 Å². The lowest BCUT2D eigenvalue weighted by atomic mass is 10.2.